The number of benzene rings is 1. The van der Waals surface area contributed by atoms with Gasteiger partial charge in [0.05, 0.1) is 56.7 Å². The molecule has 0 amide bonds. The number of ether oxygens (including phenoxy) is 5. The maximum absolute atomic E-state index is 13.6. The summed E-state index contributed by atoms with van der Waals surface area (Å²) in [6, 6.07) is 1.32. The first-order valence-electron chi connectivity index (χ1n) is 21.5. The van der Waals surface area contributed by atoms with E-state index in [1.807, 2.05) is 0 Å². The third kappa shape index (κ3) is 10.3. The zero-order valence-electron chi connectivity index (χ0n) is 34.8. The van der Waals surface area contributed by atoms with Crippen LogP contribution < -0.4 is 11.1 Å². The molecule has 1 unspecified atom stereocenters. The van der Waals surface area contributed by atoms with E-state index in [9.17, 15) is 29.6 Å². The number of carbonyl (C=O) groups excluding carboxylic acids is 2. The number of nitro groups is 1. The molecule has 4 aliphatic rings. The highest BCUT2D eigenvalue weighted by Gasteiger charge is 2.60. The van der Waals surface area contributed by atoms with Crippen LogP contribution in [-0.2, 0) is 38.1 Å². The molecule has 1 aromatic heterocycles. The summed E-state index contributed by atoms with van der Waals surface area (Å²) in [5.41, 5.74) is 5.56. The summed E-state index contributed by atoms with van der Waals surface area (Å²) >= 11 is 0. The zero-order valence-corrected chi connectivity index (χ0v) is 34.8. The van der Waals surface area contributed by atoms with Crippen LogP contribution in [0.1, 0.15) is 97.8 Å². The highest BCUT2D eigenvalue weighted by atomic mass is 16.6. The number of nitrogens with one attached hydrogen (secondary N) is 1. The van der Waals surface area contributed by atoms with Gasteiger partial charge in [0.2, 0.25) is 5.52 Å². The molecule has 4 N–H and O–H groups in total. The Bertz CT molecular complexity index is 1760. The van der Waals surface area contributed by atoms with Crippen LogP contribution in [0, 0.1) is 56.5 Å². The van der Waals surface area contributed by atoms with Gasteiger partial charge in [-0.15, -0.1) is 0 Å². The van der Waals surface area contributed by atoms with Gasteiger partial charge in [0.1, 0.15) is 18.8 Å². The van der Waals surface area contributed by atoms with Crippen molar-refractivity contribution in [1.29, 1.82) is 0 Å². The molecule has 0 radical (unpaired) electrons. The van der Waals surface area contributed by atoms with Gasteiger partial charge in [0.25, 0.3) is 0 Å². The number of hydrogen-bond acceptors (Lipinski definition) is 15. The molecule has 0 aliphatic heterocycles. The summed E-state index contributed by atoms with van der Waals surface area (Å²) in [6.45, 7) is 10.8. The lowest BCUT2D eigenvalue weighted by molar-refractivity contribution is -0.383. The standard InChI is InChI=1S/C42H63N5O12/c1-26(4-11-37(50)57-23-22-56-21-20-55-19-18-54-17-16-43)30-7-8-31-29-6-5-27-24-28(12-14-41(27,2)32(29)13-15-42(30,31)3)58-40(51)34(25-36(48)49)44-33-9-10-35(47(52)53)39-38(33)45-59-46-39/h9-10,26-32,34,44H,4-8,11-25,43H2,1-3H3,(H,48,49)/t26-,27-,28-,29+,30?,31+,32+,34+,41+,42-/m1/s1. The molecule has 10 atom stereocenters. The van der Waals surface area contributed by atoms with Crippen molar-refractivity contribution in [2.24, 2.45) is 52.1 Å². The molecule has 17 nitrogen and oxygen atoms in total. The van der Waals surface area contributed by atoms with Crippen LogP contribution in [0.3, 0.4) is 0 Å². The van der Waals surface area contributed by atoms with Crippen LogP contribution in [-0.4, -0.2) is 103 Å². The normalized spacial score (nSPS) is 29.8. The number of rotatable bonds is 22. The number of nitrogens with two attached hydrogens (primary N) is 1. The molecule has 0 saturated heterocycles. The Hall–Kier alpha value is -3.93. The molecule has 0 bridgehead atoms. The fourth-order valence-corrected chi connectivity index (χ4v) is 11.7. The van der Waals surface area contributed by atoms with Crippen molar-refractivity contribution in [2.75, 3.05) is 58.1 Å². The molecule has 0 spiro atoms. The van der Waals surface area contributed by atoms with Crippen molar-refractivity contribution in [2.45, 2.75) is 110 Å². The van der Waals surface area contributed by atoms with Gasteiger partial charge in [-0.05, 0) is 127 Å². The Morgan fingerprint density at radius 3 is 2.32 bits per heavy atom. The number of nitro benzene ring substituents is 1. The third-order valence-electron chi connectivity index (χ3n) is 14.5. The highest BCUT2D eigenvalue weighted by molar-refractivity contribution is 5.95. The molecule has 17 heteroatoms. The van der Waals surface area contributed by atoms with Crippen molar-refractivity contribution < 1.29 is 52.7 Å². The number of carboxylic acids is 1. The summed E-state index contributed by atoms with van der Waals surface area (Å²) in [6.07, 6.45) is 9.74. The Labute approximate surface area is 345 Å². The monoisotopic (exact) mass is 829 g/mol. The van der Waals surface area contributed by atoms with Gasteiger partial charge in [0.15, 0.2) is 5.52 Å². The van der Waals surface area contributed by atoms with Crippen LogP contribution in [0.5, 0.6) is 0 Å². The first-order valence-corrected chi connectivity index (χ1v) is 21.5. The van der Waals surface area contributed by atoms with Gasteiger partial charge in [-0.3, -0.25) is 19.7 Å². The molecule has 6 rings (SSSR count). The Morgan fingerprint density at radius 2 is 1.61 bits per heavy atom. The highest BCUT2D eigenvalue weighted by Crippen LogP contribution is 2.68. The molecule has 4 saturated carbocycles. The quantitative estimate of drug-likeness (QED) is 0.0540. The van der Waals surface area contributed by atoms with Crippen LogP contribution >= 0.6 is 0 Å². The van der Waals surface area contributed by atoms with Crippen LogP contribution in [0.2, 0.25) is 0 Å². The van der Waals surface area contributed by atoms with E-state index < -0.39 is 29.3 Å². The van der Waals surface area contributed by atoms with Gasteiger partial charge in [-0.25, -0.2) is 9.42 Å². The molecule has 2 aromatic rings. The number of aromatic nitrogens is 2. The lowest BCUT2D eigenvalue weighted by Gasteiger charge is -2.61. The van der Waals surface area contributed by atoms with E-state index >= 15 is 0 Å². The second kappa shape index (κ2) is 20.1. The van der Waals surface area contributed by atoms with Gasteiger partial charge < -0.3 is 39.8 Å². The van der Waals surface area contributed by atoms with E-state index in [2.05, 4.69) is 36.4 Å². The molecular formula is C42H63N5O12. The Kier molecular flexibility index (Phi) is 15.2. The van der Waals surface area contributed by atoms with Crippen molar-refractivity contribution >= 4 is 40.3 Å². The number of nitrogens with zero attached hydrogens (tertiary/aromatic N) is 3. The first-order chi connectivity index (χ1) is 28.4. The number of esters is 2. The predicted octanol–water partition coefficient (Wildman–Crippen LogP) is 5.92. The molecule has 1 aromatic carbocycles. The molecule has 1 heterocycles. The van der Waals surface area contributed by atoms with Crippen molar-refractivity contribution in [3.63, 3.8) is 0 Å². The minimum absolute atomic E-state index is 0.0250. The number of fused-ring (bicyclic) bond motifs is 6. The van der Waals surface area contributed by atoms with E-state index in [4.69, 9.17) is 34.0 Å². The Balaban J connectivity index is 0.960. The SMILES string of the molecule is C[C@H](CCC(=O)OCCOCCOCCOCCN)C1CC[C@H]2[C@@H]3CC[C@@H]4C[C@H](OC(=O)[C@H](CC(=O)O)Nc5ccc([N+](=O)[O-])c6nonc56)CC[C@]4(C)[C@H]3CC[C@]12C. The van der Waals surface area contributed by atoms with Crippen LogP contribution in [0.4, 0.5) is 11.4 Å². The third-order valence-corrected chi connectivity index (χ3v) is 14.5. The van der Waals surface area contributed by atoms with Gasteiger partial charge >= 0.3 is 23.6 Å². The average Bonchev–Trinajstić information content (AvgIpc) is 3.84. The number of carboxylic acid groups (broad SMARTS) is 1. The van der Waals surface area contributed by atoms with Gasteiger partial charge in [0, 0.05) is 19.0 Å². The number of anilines is 1. The van der Waals surface area contributed by atoms with Crippen LogP contribution in [0.15, 0.2) is 16.8 Å². The minimum atomic E-state index is -1.24. The summed E-state index contributed by atoms with van der Waals surface area (Å²) in [7, 11) is 0. The molecule has 59 heavy (non-hydrogen) atoms. The number of non-ortho nitro benzene ring substituents is 1. The minimum Gasteiger partial charge on any atom is -0.481 e. The Morgan fingerprint density at radius 1 is 0.932 bits per heavy atom. The smallest absolute Gasteiger partial charge is 0.329 e. The molecule has 4 aliphatic carbocycles. The van der Waals surface area contributed by atoms with E-state index in [-0.39, 0.29) is 51.9 Å². The predicted molar refractivity (Wildman–Crippen MR) is 214 cm³/mol. The summed E-state index contributed by atoms with van der Waals surface area (Å²) in [5.74, 6) is 1.25. The first kappa shape index (κ1) is 44.6. The van der Waals surface area contributed by atoms with Crippen molar-refractivity contribution in [3.05, 3.63) is 22.2 Å². The van der Waals surface area contributed by atoms with Crippen molar-refractivity contribution in [3.8, 4) is 0 Å². The largest absolute Gasteiger partial charge is 0.481 e. The summed E-state index contributed by atoms with van der Waals surface area (Å²) < 4.78 is 32.5. The number of aliphatic carboxylic acids is 1. The van der Waals surface area contributed by atoms with Crippen molar-refractivity contribution in [1.82, 2.24) is 10.3 Å². The maximum Gasteiger partial charge on any atom is 0.329 e. The summed E-state index contributed by atoms with van der Waals surface area (Å²) in [5, 5.41) is 31.4. The zero-order chi connectivity index (χ0) is 42.2. The number of carbonyl (C=O) groups is 3. The lowest BCUT2D eigenvalue weighted by atomic mass is 9.44. The van der Waals surface area contributed by atoms with E-state index in [1.165, 1.54) is 37.8 Å². The molecule has 328 valence electrons. The lowest BCUT2D eigenvalue weighted by Crippen LogP contribution is -2.54. The summed E-state index contributed by atoms with van der Waals surface area (Å²) in [4.78, 5) is 48.8. The number of hydrogen-bond donors (Lipinski definition) is 3. The fraction of sp³-hybridized carbons (Fsp3) is 0.786. The fourth-order valence-electron chi connectivity index (χ4n) is 11.7. The van der Waals surface area contributed by atoms with E-state index in [0.717, 1.165) is 32.1 Å². The second-order valence-electron chi connectivity index (χ2n) is 17.7. The molecule has 4 fully saturated rings. The van der Waals surface area contributed by atoms with Crippen LogP contribution in [0.25, 0.3) is 11.0 Å². The molecular weight excluding hydrogens is 766 g/mol. The maximum atomic E-state index is 13.6. The second-order valence-corrected chi connectivity index (χ2v) is 17.7. The average molecular weight is 830 g/mol. The van der Waals surface area contributed by atoms with E-state index in [0.29, 0.717) is 94.5 Å². The topological polar surface area (TPSA) is 238 Å². The van der Waals surface area contributed by atoms with Gasteiger partial charge in [-0.1, -0.05) is 20.8 Å². The van der Waals surface area contributed by atoms with E-state index in [1.54, 1.807) is 0 Å². The van der Waals surface area contributed by atoms with Gasteiger partial charge in [-0.2, -0.15) is 0 Å².